The average molecular weight is 309 g/mol. The van der Waals surface area contributed by atoms with Crippen LogP contribution >= 0.6 is 15.9 Å². The highest BCUT2D eigenvalue weighted by molar-refractivity contribution is 9.10. The summed E-state index contributed by atoms with van der Waals surface area (Å²) in [4.78, 5) is 4.22. The number of nitrogens with zero attached hydrogens (tertiary/aromatic N) is 2. The molecule has 3 atom stereocenters. The first-order valence-corrected chi connectivity index (χ1v) is 7.11. The zero-order valence-electron chi connectivity index (χ0n) is 10.4. The Morgan fingerprint density at radius 2 is 2.44 bits per heavy atom. The number of hydrogen-bond acceptors (Lipinski definition) is 3. The Hall–Kier alpha value is -0.920. The third-order valence-corrected chi connectivity index (χ3v) is 4.47. The van der Waals surface area contributed by atoms with E-state index in [2.05, 4.69) is 33.9 Å². The molecule has 3 unspecified atom stereocenters. The van der Waals surface area contributed by atoms with Crippen LogP contribution < -0.4 is 0 Å². The second-order valence-electron chi connectivity index (χ2n) is 5.09. The maximum absolute atomic E-state index is 10.5. The maximum Gasteiger partial charge on any atom is 0.114 e. The molecule has 1 aliphatic rings. The third-order valence-electron chi connectivity index (χ3n) is 4.01. The summed E-state index contributed by atoms with van der Waals surface area (Å²) in [6.45, 7) is 2.14. The predicted molar refractivity (Wildman–Crippen MR) is 72.6 cm³/mol. The van der Waals surface area contributed by atoms with Gasteiger partial charge in [0.05, 0.1) is 17.2 Å². The Labute approximate surface area is 116 Å². The standard InChI is InChI=1S/C14H17BrN2O/c1-2-10-5-6-14(7-10,9-16)13(18)12-4-3-11(15)8-17-12/h3-4,8,10,13,18H,2,5-7H2,1H3. The van der Waals surface area contributed by atoms with Gasteiger partial charge in [-0.05, 0) is 53.2 Å². The minimum atomic E-state index is -0.785. The van der Waals surface area contributed by atoms with Crippen LogP contribution in [0.1, 0.15) is 44.4 Å². The predicted octanol–water partition coefficient (Wildman–Crippen LogP) is 3.60. The zero-order valence-corrected chi connectivity index (χ0v) is 12.0. The van der Waals surface area contributed by atoms with Crippen molar-refractivity contribution in [1.82, 2.24) is 4.98 Å². The van der Waals surface area contributed by atoms with E-state index in [0.717, 1.165) is 30.2 Å². The molecule has 0 radical (unpaired) electrons. The van der Waals surface area contributed by atoms with Gasteiger partial charge in [-0.2, -0.15) is 5.26 Å². The van der Waals surface area contributed by atoms with E-state index in [1.54, 1.807) is 12.3 Å². The lowest BCUT2D eigenvalue weighted by molar-refractivity contribution is 0.0603. The molecule has 0 saturated heterocycles. The molecule has 2 rings (SSSR count). The second-order valence-corrected chi connectivity index (χ2v) is 6.00. The average Bonchev–Trinajstić information content (AvgIpc) is 2.84. The molecule has 0 aromatic carbocycles. The third kappa shape index (κ3) is 2.43. The van der Waals surface area contributed by atoms with Crippen molar-refractivity contribution in [3.05, 3.63) is 28.5 Å². The lowest BCUT2D eigenvalue weighted by Gasteiger charge is -2.27. The number of rotatable bonds is 3. The fourth-order valence-corrected chi connectivity index (χ4v) is 3.01. The van der Waals surface area contributed by atoms with Gasteiger partial charge in [-0.1, -0.05) is 13.3 Å². The van der Waals surface area contributed by atoms with Crippen molar-refractivity contribution < 1.29 is 5.11 Å². The van der Waals surface area contributed by atoms with Gasteiger partial charge in [0.25, 0.3) is 0 Å². The molecule has 96 valence electrons. The van der Waals surface area contributed by atoms with Crippen LogP contribution in [0.25, 0.3) is 0 Å². The quantitative estimate of drug-likeness (QED) is 0.928. The highest BCUT2D eigenvalue weighted by Crippen LogP contribution is 2.50. The Kier molecular flexibility index (Phi) is 4.04. The molecule has 18 heavy (non-hydrogen) atoms. The normalized spacial score (nSPS) is 28.9. The summed E-state index contributed by atoms with van der Waals surface area (Å²) in [5.74, 6) is 0.551. The number of halogens is 1. The van der Waals surface area contributed by atoms with Crippen molar-refractivity contribution in [2.75, 3.05) is 0 Å². The molecular weight excluding hydrogens is 292 g/mol. The van der Waals surface area contributed by atoms with Crippen LogP contribution in [0.5, 0.6) is 0 Å². The molecule has 1 fully saturated rings. The summed E-state index contributed by atoms with van der Waals surface area (Å²) < 4.78 is 0.877. The maximum atomic E-state index is 10.5. The Bertz CT molecular complexity index is 454. The fraction of sp³-hybridized carbons (Fsp3) is 0.571. The van der Waals surface area contributed by atoms with Gasteiger partial charge in [0, 0.05) is 10.7 Å². The van der Waals surface area contributed by atoms with E-state index < -0.39 is 11.5 Å². The van der Waals surface area contributed by atoms with Crippen molar-refractivity contribution in [2.45, 2.75) is 38.7 Å². The molecule has 0 amide bonds. The molecule has 1 saturated carbocycles. The van der Waals surface area contributed by atoms with Gasteiger partial charge in [-0.25, -0.2) is 0 Å². The molecule has 4 heteroatoms. The van der Waals surface area contributed by atoms with Crippen molar-refractivity contribution in [1.29, 1.82) is 5.26 Å². The molecule has 1 aromatic heterocycles. The van der Waals surface area contributed by atoms with Gasteiger partial charge in [0.15, 0.2) is 0 Å². The van der Waals surface area contributed by atoms with Crippen molar-refractivity contribution in [3.63, 3.8) is 0 Å². The van der Waals surface area contributed by atoms with Gasteiger partial charge in [0.1, 0.15) is 6.10 Å². The lowest BCUT2D eigenvalue weighted by atomic mass is 9.79. The van der Waals surface area contributed by atoms with Gasteiger partial charge < -0.3 is 5.11 Å². The van der Waals surface area contributed by atoms with Crippen LogP contribution in [-0.4, -0.2) is 10.1 Å². The van der Waals surface area contributed by atoms with Gasteiger partial charge in [0.2, 0.25) is 0 Å². The Morgan fingerprint density at radius 1 is 1.67 bits per heavy atom. The lowest BCUT2D eigenvalue weighted by Crippen LogP contribution is -2.25. The van der Waals surface area contributed by atoms with Gasteiger partial charge >= 0.3 is 0 Å². The summed E-state index contributed by atoms with van der Waals surface area (Å²) in [6.07, 6.45) is 4.52. The fourth-order valence-electron chi connectivity index (χ4n) is 2.77. The van der Waals surface area contributed by atoms with E-state index >= 15 is 0 Å². The first kappa shape index (κ1) is 13.5. The Balaban J connectivity index is 2.24. The minimum absolute atomic E-state index is 0.551. The molecular formula is C14H17BrN2O. The van der Waals surface area contributed by atoms with Gasteiger partial charge in [-0.15, -0.1) is 0 Å². The van der Waals surface area contributed by atoms with E-state index in [1.165, 1.54) is 0 Å². The molecule has 1 heterocycles. The first-order valence-electron chi connectivity index (χ1n) is 6.32. The van der Waals surface area contributed by atoms with Crippen molar-refractivity contribution in [2.24, 2.45) is 11.3 Å². The van der Waals surface area contributed by atoms with Crippen LogP contribution in [0.15, 0.2) is 22.8 Å². The first-order chi connectivity index (χ1) is 8.61. The summed E-state index contributed by atoms with van der Waals surface area (Å²) >= 11 is 3.32. The molecule has 1 aliphatic carbocycles. The second kappa shape index (κ2) is 5.38. The summed E-state index contributed by atoms with van der Waals surface area (Å²) in [5.41, 5.74) is -0.0573. The number of hydrogen-bond donors (Lipinski definition) is 1. The molecule has 1 aromatic rings. The molecule has 0 aliphatic heterocycles. The topological polar surface area (TPSA) is 56.9 Å². The molecule has 3 nitrogen and oxygen atoms in total. The largest absolute Gasteiger partial charge is 0.385 e. The summed E-state index contributed by atoms with van der Waals surface area (Å²) in [6, 6.07) is 5.99. The monoisotopic (exact) mass is 308 g/mol. The van der Waals surface area contributed by atoms with Crippen molar-refractivity contribution >= 4 is 15.9 Å². The van der Waals surface area contributed by atoms with Crippen LogP contribution in [0.3, 0.4) is 0 Å². The number of pyridine rings is 1. The molecule has 1 N–H and O–H groups in total. The minimum Gasteiger partial charge on any atom is -0.385 e. The van der Waals surface area contributed by atoms with E-state index in [4.69, 9.17) is 0 Å². The van der Waals surface area contributed by atoms with E-state index in [9.17, 15) is 10.4 Å². The number of nitriles is 1. The van der Waals surface area contributed by atoms with E-state index in [0.29, 0.717) is 11.6 Å². The summed E-state index contributed by atoms with van der Waals surface area (Å²) in [5, 5.41) is 19.9. The van der Waals surface area contributed by atoms with Crippen LogP contribution in [0.2, 0.25) is 0 Å². The van der Waals surface area contributed by atoms with E-state index in [1.807, 2.05) is 6.07 Å². The smallest absolute Gasteiger partial charge is 0.114 e. The molecule has 0 bridgehead atoms. The number of aliphatic hydroxyl groups is 1. The van der Waals surface area contributed by atoms with Crippen molar-refractivity contribution in [3.8, 4) is 6.07 Å². The van der Waals surface area contributed by atoms with Crippen LogP contribution in [0.4, 0.5) is 0 Å². The SMILES string of the molecule is CCC1CCC(C#N)(C(O)c2ccc(Br)cn2)C1. The van der Waals surface area contributed by atoms with Crippen LogP contribution in [0, 0.1) is 22.7 Å². The number of aromatic nitrogens is 1. The summed E-state index contributed by atoms with van der Waals surface area (Å²) in [7, 11) is 0. The number of aliphatic hydroxyl groups excluding tert-OH is 1. The highest BCUT2D eigenvalue weighted by Gasteiger charge is 2.45. The molecule has 0 spiro atoms. The van der Waals surface area contributed by atoms with E-state index in [-0.39, 0.29) is 0 Å². The highest BCUT2D eigenvalue weighted by atomic mass is 79.9. The van der Waals surface area contributed by atoms with Crippen LogP contribution in [-0.2, 0) is 0 Å². The Morgan fingerprint density at radius 3 is 2.94 bits per heavy atom. The zero-order chi connectivity index (χ0) is 13.2. The van der Waals surface area contributed by atoms with Gasteiger partial charge in [-0.3, -0.25) is 4.98 Å².